The first-order valence-corrected chi connectivity index (χ1v) is 7.96. The highest BCUT2D eigenvalue weighted by Gasteiger charge is 2.26. The lowest BCUT2D eigenvalue weighted by Crippen LogP contribution is -2.41. The van der Waals surface area contributed by atoms with Gasteiger partial charge in [0.2, 0.25) is 0 Å². The van der Waals surface area contributed by atoms with Crippen LogP contribution in [0.2, 0.25) is 0 Å². The molecule has 0 radical (unpaired) electrons. The molecule has 1 N–H and O–H groups in total. The van der Waals surface area contributed by atoms with Crippen LogP contribution in [0.4, 0.5) is 0 Å². The van der Waals surface area contributed by atoms with Crippen molar-refractivity contribution in [3.63, 3.8) is 0 Å². The smallest absolute Gasteiger partial charge is 0.00978 e. The molecule has 2 unspecified atom stereocenters. The number of nitrogens with one attached hydrogen (secondary N) is 1. The van der Waals surface area contributed by atoms with Gasteiger partial charge in [0.25, 0.3) is 0 Å². The molecule has 1 aromatic rings. The molecular formula is C15H25NS. The highest BCUT2D eigenvalue weighted by Crippen LogP contribution is 2.30. The first-order chi connectivity index (χ1) is 8.27. The molecule has 1 fully saturated rings. The van der Waals surface area contributed by atoms with Crippen molar-refractivity contribution in [2.24, 2.45) is 11.8 Å². The zero-order chi connectivity index (χ0) is 12.1. The normalized spacial score (nSPS) is 25.4. The minimum atomic E-state index is 0.766. The summed E-state index contributed by atoms with van der Waals surface area (Å²) in [6.45, 7) is 5.90. The van der Waals surface area contributed by atoms with Crippen LogP contribution in [-0.4, -0.2) is 12.6 Å². The molecule has 1 aliphatic carbocycles. The molecule has 96 valence electrons. The van der Waals surface area contributed by atoms with E-state index in [-0.39, 0.29) is 0 Å². The van der Waals surface area contributed by atoms with Gasteiger partial charge in [-0.2, -0.15) is 11.3 Å². The highest BCUT2D eigenvalue weighted by atomic mass is 32.1. The second-order valence-electron chi connectivity index (χ2n) is 5.63. The molecule has 1 nitrogen and oxygen atoms in total. The Morgan fingerprint density at radius 3 is 2.88 bits per heavy atom. The maximum atomic E-state index is 3.80. The molecule has 1 aromatic heterocycles. The first kappa shape index (κ1) is 13.1. The Morgan fingerprint density at radius 1 is 1.35 bits per heavy atom. The fourth-order valence-corrected chi connectivity index (χ4v) is 3.75. The van der Waals surface area contributed by atoms with Gasteiger partial charge in [0.05, 0.1) is 0 Å². The summed E-state index contributed by atoms with van der Waals surface area (Å²) < 4.78 is 0. The topological polar surface area (TPSA) is 12.0 Å². The summed E-state index contributed by atoms with van der Waals surface area (Å²) >= 11 is 1.80. The molecule has 17 heavy (non-hydrogen) atoms. The van der Waals surface area contributed by atoms with Crippen molar-refractivity contribution < 1.29 is 0 Å². The van der Waals surface area contributed by atoms with Crippen molar-refractivity contribution in [3.8, 4) is 0 Å². The third-order valence-electron chi connectivity index (χ3n) is 4.08. The third-order valence-corrected chi connectivity index (χ3v) is 4.81. The maximum absolute atomic E-state index is 3.80. The quantitative estimate of drug-likeness (QED) is 0.831. The fourth-order valence-electron chi connectivity index (χ4n) is 3.05. The minimum absolute atomic E-state index is 0.766. The molecule has 0 spiro atoms. The summed E-state index contributed by atoms with van der Waals surface area (Å²) in [5, 5.41) is 8.24. The van der Waals surface area contributed by atoms with E-state index < -0.39 is 0 Å². The Bertz CT molecular complexity index is 305. The second kappa shape index (κ2) is 6.55. The molecule has 1 saturated carbocycles. The molecule has 2 heteroatoms. The van der Waals surface area contributed by atoms with Gasteiger partial charge in [0, 0.05) is 6.04 Å². The summed E-state index contributed by atoms with van der Waals surface area (Å²) in [7, 11) is 0. The zero-order valence-electron chi connectivity index (χ0n) is 11.1. The van der Waals surface area contributed by atoms with Crippen LogP contribution in [0, 0.1) is 11.8 Å². The predicted octanol–water partition coefficient (Wildman–Crippen LogP) is 4.10. The number of hydrogen-bond acceptors (Lipinski definition) is 2. The van der Waals surface area contributed by atoms with E-state index in [9.17, 15) is 0 Å². The Morgan fingerprint density at radius 2 is 2.18 bits per heavy atom. The molecule has 1 heterocycles. The van der Waals surface area contributed by atoms with E-state index in [2.05, 4.69) is 36.0 Å². The SMILES string of the molecule is CC(C)C1CCCCC1NCCc1ccsc1. The highest BCUT2D eigenvalue weighted by molar-refractivity contribution is 7.07. The summed E-state index contributed by atoms with van der Waals surface area (Å²) in [6.07, 6.45) is 6.84. The summed E-state index contributed by atoms with van der Waals surface area (Å²) in [4.78, 5) is 0. The van der Waals surface area contributed by atoms with Gasteiger partial charge in [-0.1, -0.05) is 26.7 Å². The maximum Gasteiger partial charge on any atom is 0.00978 e. The van der Waals surface area contributed by atoms with E-state index in [1.54, 1.807) is 11.3 Å². The first-order valence-electron chi connectivity index (χ1n) is 7.02. The standard InChI is InChI=1S/C15H25NS/c1-12(2)14-5-3-4-6-15(14)16-9-7-13-8-10-17-11-13/h8,10-12,14-16H,3-7,9H2,1-2H3. The largest absolute Gasteiger partial charge is 0.313 e. The van der Waals surface area contributed by atoms with Gasteiger partial charge in [-0.3, -0.25) is 0 Å². The number of thiophene rings is 1. The van der Waals surface area contributed by atoms with E-state index in [1.807, 2.05) is 0 Å². The van der Waals surface area contributed by atoms with E-state index in [4.69, 9.17) is 0 Å². The number of rotatable bonds is 5. The lowest BCUT2D eigenvalue weighted by atomic mass is 9.78. The van der Waals surface area contributed by atoms with Crippen LogP contribution in [0.3, 0.4) is 0 Å². The van der Waals surface area contributed by atoms with Crippen molar-refractivity contribution in [2.75, 3.05) is 6.54 Å². The Kier molecular flexibility index (Phi) is 5.05. The lowest BCUT2D eigenvalue weighted by Gasteiger charge is -2.35. The van der Waals surface area contributed by atoms with Gasteiger partial charge in [-0.05, 0) is 60.0 Å². The zero-order valence-corrected chi connectivity index (χ0v) is 11.9. The van der Waals surface area contributed by atoms with Crippen LogP contribution < -0.4 is 5.32 Å². The Hall–Kier alpha value is -0.340. The molecule has 1 aliphatic rings. The van der Waals surface area contributed by atoms with Gasteiger partial charge in [-0.15, -0.1) is 0 Å². The van der Waals surface area contributed by atoms with Crippen LogP contribution in [0.15, 0.2) is 16.8 Å². The van der Waals surface area contributed by atoms with Gasteiger partial charge < -0.3 is 5.32 Å². The average Bonchev–Trinajstić information content (AvgIpc) is 2.82. The molecular weight excluding hydrogens is 226 g/mol. The van der Waals surface area contributed by atoms with Crippen LogP contribution in [0.1, 0.15) is 45.1 Å². The molecule has 0 aromatic carbocycles. The second-order valence-corrected chi connectivity index (χ2v) is 6.41. The van der Waals surface area contributed by atoms with Crippen molar-refractivity contribution in [3.05, 3.63) is 22.4 Å². The van der Waals surface area contributed by atoms with E-state index in [0.717, 1.165) is 24.4 Å². The molecule has 0 bridgehead atoms. The number of hydrogen-bond donors (Lipinski definition) is 1. The molecule has 2 rings (SSSR count). The monoisotopic (exact) mass is 251 g/mol. The summed E-state index contributed by atoms with van der Waals surface area (Å²) in [5.41, 5.74) is 1.49. The molecule has 0 aliphatic heterocycles. The van der Waals surface area contributed by atoms with Crippen LogP contribution >= 0.6 is 11.3 Å². The third kappa shape index (κ3) is 3.82. The Balaban J connectivity index is 1.76. The van der Waals surface area contributed by atoms with E-state index in [1.165, 1.54) is 37.7 Å². The fraction of sp³-hybridized carbons (Fsp3) is 0.733. The van der Waals surface area contributed by atoms with Crippen molar-refractivity contribution in [2.45, 2.75) is 52.0 Å². The summed E-state index contributed by atoms with van der Waals surface area (Å²) in [5.74, 6) is 1.72. The van der Waals surface area contributed by atoms with Gasteiger partial charge in [0.1, 0.15) is 0 Å². The van der Waals surface area contributed by atoms with E-state index >= 15 is 0 Å². The van der Waals surface area contributed by atoms with Crippen LogP contribution in [0.5, 0.6) is 0 Å². The molecule has 0 saturated heterocycles. The van der Waals surface area contributed by atoms with E-state index in [0.29, 0.717) is 0 Å². The van der Waals surface area contributed by atoms with Crippen LogP contribution in [0.25, 0.3) is 0 Å². The lowest BCUT2D eigenvalue weighted by molar-refractivity contribution is 0.207. The average molecular weight is 251 g/mol. The molecule has 0 amide bonds. The Labute approximate surface area is 110 Å². The minimum Gasteiger partial charge on any atom is -0.313 e. The summed E-state index contributed by atoms with van der Waals surface area (Å²) in [6, 6.07) is 3.01. The van der Waals surface area contributed by atoms with Gasteiger partial charge >= 0.3 is 0 Å². The van der Waals surface area contributed by atoms with Gasteiger partial charge in [0.15, 0.2) is 0 Å². The van der Waals surface area contributed by atoms with Gasteiger partial charge in [-0.25, -0.2) is 0 Å². The van der Waals surface area contributed by atoms with Crippen molar-refractivity contribution in [1.29, 1.82) is 0 Å². The predicted molar refractivity (Wildman–Crippen MR) is 76.6 cm³/mol. The van der Waals surface area contributed by atoms with Crippen LogP contribution in [-0.2, 0) is 6.42 Å². The van der Waals surface area contributed by atoms with Crippen molar-refractivity contribution in [1.82, 2.24) is 5.32 Å². The van der Waals surface area contributed by atoms with Crippen molar-refractivity contribution >= 4 is 11.3 Å². The molecule has 2 atom stereocenters.